The Morgan fingerprint density at radius 2 is 1.84 bits per heavy atom. The van der Waals surface area contributed by atoms with Gasteiger partial charge in [0, 0.05) is 31.6 Å². The summed E-state index contributed by atoms with van der Waals surface area (Å²) in [5.41, 5.74) is -2.92. The van der Waals surface area contributed by atoms with E-state index in [0.717, 1.165) is 41.2 Å². The fraction of sp³-hybridized carbons (Fsp3) is 0.267. The summed E-state index contributed by atoms with van der Waals surface area (Å²) in [5, 5.41) is -0.610. The van der Waals surface area contributed by atoms with Gasteiger partial charge in [-0.2, -0.15) is 4.98 Å². The van der Waals surface area contributed by atoms with Crippen molar-refractivity contribution in [3.63, 3.8) is 0 Å². The van der Waals surface area contributed by atoms with Gasteiger partial charge in [-0.15, -0.1) is 0 Å². The number of sulfone groups is 1. The molecule has 45 heavy (non-hydrogen) atoms. The van der Waals surface area contributed by atoms with Gasteiger partial charge in [-0.3, -0.25) is 4.79 Å². The van der Waals surface area contributed by atoms with Crippen molar-refractivity contribution in [2.24, 2.45) is 0 Å². The summed E-state index contributed by atoms with van der Waals surface area (Å²) in [6.45, 7) is 14.3. The Morgan fingerprint density at radius 3 is 2.47 bits per heavy atom. The molecule has 3 aromatic heterocycles. The second-order valence-electron chi connectivity index (χ2n) is 10.6. The predicted octanol–water partition coefficient (Wildman–Crippen LogP) is 3.48. The quantitative estimate of drug-likeness (QED) is 0.233. The number of anilines is 1. The standard InChI is InChI=1S/C30H26F3N7O4S/c1-6-23(41)38-14-17(3)39(18(15-38)13-34-4)28-19-12-22(33)25(24-20(31)8-7-9-21(24)32)36-27(19)40(30(42)37-28)26-16(2)10-11-35-29(26)45(5,43)44/h6-12,17-18H,1,13-15H2,2-3,5H3/t17-,18-/m0/s1. The zero-order valence-electron chi connectivity index (χ0n) is 24.3. The normalized spacial score (nSPS) is 16.9. The Hall–Kier alpha value is -5.10. The number of aromatic nitrogens is 4. The van der Waals surface area contributed by atoms with Crippen molar-refractivity contribution in [2.45, 2.75) is 31.0 Å². The third-order valence-corrected chi connectivity index (χ3v) is 8.49. The average molecular weight is 638 g/mol. The van der Waals surface area contributed by atoms with Gasteiger partial charge < -0.3 is 14.6 Å². The Bertz CT molecular complexity index is 2080. The molecule has 2 atom stereocenters. The smallest absolute Gasteiger partial charge is 0.339 e. The van der Waals surface area contributed by atoms with Crippen LogP contribution in [0.25, 0.3) is 32.8 Å². The highest BCUT2D eigenvalue weighted by Crippen LogP contribution is 2.35. The lowest BCUT2D eigenvalue weighted by Crippen LogP contribution is -2.60. The Kier molecular flexibility index (Phi) is 8.19. The second kappa shape index (κ2) is 11.8. The van der Waals surface area contributed by atoms with Gasteiger partial charge in [0.15, 0.2) is 26.3 Å². The number of nitrogens with zero attached hydrogens (tertiary/aromatic N) is 7. The molecular weight excluding hydrogens is 611 g/mol. The lowest BCUT2D eigenvalue weighted by atomic mass is 10.0. The number of fused-ring (bicyclic) bond motifs is 1. The molecule has 1 amide bonds. The van der Waals surface area contributed by atoms with Crippen LogP contribution in [0.4, 0.5) is 19.0 Å². The summed E-state index contributed by atoms with van der Waals surface area (Å²) in [7, 11) is -4.06. The molecule has 1 fully saturated rings. The molecule has 1 aliphatic heterocycles. The van der Waals surface area contributed by atoms with E-state index in [4.69, 9.17) is 6.57 Å². The van der Waals surface area contributed by atoms with E-state index in [-0.39, 0.29) is 53.6 Å². The highest BCUT2D eigenvalue weighted by Gasteiger charge is 2.38. The molecule has 4 aromatic rings. The zero-order chi connectivity index (χ0) is 32.8. The molecule has 232 valence electrons. The predicted molar refractivity (Wildman–Crippen MR) is 160 cm³/mol. The monoisotopic (exact) mass is 637 g/mol. The first-order chi connectivity index (χ1) is 21.3. The van der Waals surface area contributed by atoms with Crippen molar-refractivity contribution in [3.05, 3.63) is 94.1 Å². The van der Waals surface area contributed by atoms with Gasteiger partial charge in [-0.1, -0.05) is 12.6 Å². The number of hydrogen-bond donors (Lipinski definition) is 0. The summed E-state index contributed by atoms with van der Waals surface area (Å²) in [6.07, 6.45) is 3.27. The summed E-state index contributed by atoms with van der Waals surface area (Å²) < 4.78 is 72.1. The van der Waals surface area contributed by atoms with Gasteiger partial charge >= 0.3 is 5.69 Å². The topological polar surface area (TPSA) is 123 Å². The lowest BCUT2D eigenvalue weighted by molar-refractivity contribution is -0.127. The summed E-state index contributed by atoms with van der Waals surface area (Å²) >= 11 is 0. The molecule has 0 aliphatic carbocycles. The van der Waals surface area contributed by atoms with E-state index in [9.17, 15) is 26.8 Å². The maximum atomic E-state index is 15.9. The number of piperazine rings is 1. The molecule has 0 N–H and O–H groups in total. The lowest BCUT2D eigenvalue weighted by Gasteiger charge is -2.44. The molecule has 0 bridgehead atoms. The van der Waals surface area contributed by atoms with E-state index in [2.05, 4.69) is 26.4 Å². The molecule has 4 heterocycles. The Balaban J connectivity index is 1.90. The van der Waals surface area contributed by atoms with Crippen LogP contribution in [-0.2, 0) is 14.6 Å². The van der Waals surface area contributed by atoms with Crippen LogP contribution in [0.5, 0.6) is 0 Å². The largest absolute Gasteiger partial charge is 0.355 e. The molecule has 0 unspecified atom stereocenters. The number of carbonyl (C=O) groups is 1. The van der Waals surface area contributed by atoms with Crippen LogP contribution < -0.4 is 10.6 Å². The van der Waals surface area contributed by atoms with Gasteiger partial charge in [-0.25, -0.2) is 47.5 Å². The number of pyridine rings is 2. The van der Waals surface area contributed by atoms with Gasteiger partial charge in [0.1, 0.15) is 29.2 Å². The fourth-order valence-corrected chi connectivity index (χ4v) is 6.45. The van der Waals surface area contributed by atoms with Crippen molar-refractivity contribution in [3.8, 4) is 16.9 Å². The van der Waals surface area contributed by atoms with E-state index in [0.29, 0.717) is 0 Å². The molecule has 1 aromatic carbocycles. The first-order valence-electron chi connectivity index (χ1n) is 13.5. The summed E-state index contributed by atoms with van der Waals surface area (Å²) in [4.78, 5) is 45.5. The third kappa shape index (κ3) is 5.53. The van der Waals surface area contributed by atoms with Gasteiger partial charge in [0.2, 0.25) is 12.5 Å². The minimum Gasteiger partial charge on any atom is -0.339 e. The number of rotatable bonds is 6. The van der Waals surface area contributed by atoms with E-state index >= 15 is 4.39 Å². The SMILES string of the molecule is [C-]#[N+]C[C@H]1CN(C(=O)C=C)C[C@H](C)N1c1nc(=O)n(-c2c(C)ccnc2S(C)(=O)=O)c2nc(-c3c(F)cccc3F)c(F)cc12. The van der Waals surface area contributed by atoms with Crippen molar-refractivity contribution < 1.29 is 26.4 Å². The Labute approximate surface area is 256 Å². The highest BCUT2D eigenvalue weighted by molar-refractivity contribution is 7.90. The van der Waals surface area contributed by atoms with Gasteiger partial charge in [-0.05, 0) is 49.8 Å². The van der Waals surface area contributed by atoms with E-state index < -0.39 is 61.3 Å². The van der Waals surface area contributed by atoms with E-state index in [1.165, 1.54) is 24.1 Å². The van der Waals surface area contributed by atoms with Crippen LogP contribution in [-0.4, -0.2) is 76.7 Å². The molecule has 1 aliphatic rings. The molecule has 0 saturated carbocycles. The zero-order valence-corrected chi connectivity index (χ0v) is 25.1. The van der Waals surface area contributed by atoms with E-state index in [1.807, 2.05) is 0 Å². The summed E-state index contributed by atoms with van der Waals surface area (Å²) in [6, 6.07) is 4.03. The maximum Gasteiger partial charge on any atom is 0.355 e. The van der Waals surface area contributed by atoms with Crippen molar-refractivity contribution in [1.29, 1.82) is 0 Å². The molecular formula is C30H26F3N7O4S. The van der Waals surface area contributed by atoms with Crippen LogP contribution in [0.15, 0.2) is 59.0 Å². The average Bonchev–Trinajstić information content (AvgIpc) is 2.97. The van der Waals surface area contributed by atoms with Crippen LogP contribution in [0.2, 0.25) is 0 Å². The minimum absolute atomic E-state index is 0.0538. The van der Waals surface area contributed by atoms with Gasteiger partial charge in [0.05, 0.1) is 16.6 Å². The van der Waals surface area contributed by atoms with Crippen LogP contribution in [0.3, 0.4) is 0 Å². The molecule has 1 saturated heterocycles. The first kappa shape index (κ1) is 31.3. The van der Waals surface area contributed by atoms with Gasteiger partial charge in [0.25, 0.3) is 0 Å². The van der Waals surface area contributed by atoms with Crippen LogP contribution in [0.1, 0.15) is 12.5 Å². The number of amides is 1. The molecule has 11 nitrogen and oxygen atoms in total. The molecule has 0 radical (unpaired) electrons. The Morgan fingerprint density at radius 1 is 1.16 bits per heavy atom. The number of benzene rings is 1. The highest BCUT2D eigenvalue weighted by atomic mass is 32.2. The van der Waals surface area contributed by atoms with Crippen molar-refractivity contribution in [1.82, 2.24) is 24.4 Å². The number of carbonyl (C=O) groups excluding carboxylic acids is 1. The van der Waals surface area contributed by atoms with Crippen molar-refractivity contribution >= 4 is 32.6 Å². The number of aryl methyl sites for hydroxylation is 1. The third-order valence-electron chi connectivity index (χ3n) is 7.49. The van der Waals surface area contributed by atoms with E-state index in [1.54, 1.807) is 11.8 Å². The number of hydrogen-bond acceptors (Lipinski definition) is 8. The molecule has 5 rings (SSSR count). The second-order valence-corrected chi connectivity index (χ2v) is 12.5. The van der Waals surface area contributed by atoms with Crippen LogP contribution >= 0.6 is 0 Å². The first-order valence-corrected chi connectivity index (χ1v) is 15.4. The van der Waals surface area contributed by atoms with Crippen LogP contribution in [0, 0.1) is 30.9 Å². The maximum absolute atomic E-state index is 15.9. The summed E-state index contributed by atoms with van der Waals surface area (Å²) in [5.74, 6) is -3.86. The number of halogens is 3. The molecule has 15 heteroatoms. The fourth-order valence-electron chi connectivity index (χ4n) is 5.60. The minimum atomic E-state index is -4.06. The molecule has 0 spiro atoms. The van der Waals surface area contributed by atoms with Crippen molar-refractivity contribution in [2.75, 3.05) is 30.8 Å².